The van der Waals surface area contributed by atoms with Crippen LogP contribution < -0.4 is 10.6 Å². The fraction of sp³-hybridized carbons (Fsp3) is 0.550. The fourth-order valence-electron chi connectivity index (χ4n) is 4.46. The molecule has 0 saturated carbocycles. The van der Waals surface area contributed by atoms with Crippen molar-refractivity contribution in [1.29, 1.82) is 0 Å². The summed E-state index contributed by atoms with van der Waals surface area (Å²) in [6, 6.07) is 3.03. The second-order valence-corrected chi connectivity index (χ2v) is 8.48. The Morgan fingerprint density at radius 2 is 2.11 bits per heavy atom. The zero-order valence-corrected chi connectivity index (χ0v) is 17.4. The topological polar surface area (TPSA) is 76.1 Å². The van der Waals surface area contributed by atoms with Crippen molar-refractivity contribution in [3.05, 3.63) is 34.4 Å². The Kier molecular flexibility index (Phi) is 5.37. The molecule has 0 aliphatic carbocycles. The predicted octanol–water partition coefficient (Wildman–Crippen LogP) is 3.04. The van der Waals surface area contributed by atoms with E-state index in [0.29, 0.717) is 27.7 Å². The molecule has 150 valence electrons. The van der Waals surface area contributed by atoms with Crippen LogP contribution in [-0.2, 0) is 15.1 Å². The lowest BCUT2D eigenvalue weighted by molar-refractivity contribution is -0.173. The van der Waals surface area contributed by atoms with Crippen molar-refractivity contribution < 1.29 is 13.9 Å². The highest BCUT2D eigenvalue weighted by atomic mass is 79.9. The molecule has 0 radical (unpaired) electrons. The Morgan fingerprint density at radius 1 is 1.32 bits per heavy atom. The van der Waals surface area contributed by atoms with Crippen molar-refractivity contribution in [2.24, 2.45) is 5.41 Å². The lowest BCUT2D eigenvalue weighted by Gasteiger charge is -2.59. The van der Waals surface area contributed by atoms with Gasteiger partial charge in [-0.2, -0.15) is 0 Å². The smallest absolute Gasteiger partial charge is 0.333 e. The number of hydrogen-bond donors (Lipinski definition) is 2. The summed E-state index contributed by atoms with van der Waals surface area (Å²) >= 11 is 3.26. The third kappa shape index (κ3) is 2.93. The summed E-state index contributed by atoms with van der Waals surface area (Å²) in [5, 5.41) is 7.42. The highest BCUT2D eigenvalue weighted by Crippen LogP contribution is 2.54. The first-order chi connectivity index (χ1) is 13.5. The summed E-state index contributed by atoms with van der Waals surface area (Å²) in [4.78, 5) is 22.2. The van der Waals surface area contributed by atoms with Crippen LogP contribution in [0.15, 0.2) is 22.9 Å². The van der Waals surface area contributed by atoms with Gasteiger partial charge in [-0.05, 0) is 54.3 Å². The van der Waals surface area contributed by atoms with E-state index < -0.39 is 11.4 Å². The maximum absolute atomic E-state index is 14.1. The molecule has 2 N–H and O–H groups in total. The molecule has 2 fully saturated rings. The minimum absolute atomic E-state index is 0.274. The summed E-state index contributed by atoms with van der Waals surface area (Å²) in [6.07, 6.45) is 4.86. The highest BCUT2D eigenvalue weighted by Gasteiger charge is 2.66. The molecule has 3 heterocycles. The van der Waals surface area contributed by atoms with E-state index >= 15 is 0 Å². The van der Waals surface area contributed by atoms with Crippen molar-refractivity contribution in [1.82, 2.24) is 20.6 Å². The van der Waals surface area contributed by atoms with Gasteiger partial charge in [0.1, 0.15) is 12.1 Å². The molecule has 2 aliphatic heterocycles. The number of benzene rings is 1. The Morgan fingerprint density at radius 3 is 2.79 bits per heavy atom. The molecule has 2 aromatic rings. The molecule has 4 rings (SSSR count). The second kappa shape index (κ2) is 7.65. The van der Waals surface area contributed by atoms with Gasteiger partial charge in [0.2, 0.25) is 0 Å². The summed E-state index contributed by atoms with van der Waals surface area (Å²) in [6.45, 7) is 4.85. The molecule has 1 atom stereocenters. The van der Waals surface area contributed by atoms with Crippen LogP contribution in [0.3, 0.4) is 0 Å². The van der Waals surface area contributed by atoms with E-state index in [9.17, 15) is 9.18 Å². The molecule has 1 aromatic carbocycles. The fourth-order valence-corrected chi connectivity index (χ4v) is 4.80. The molecule has 2 aliphatic rings. The van der Waals surface area contributed by atoms with E-state index in [-0.39, 0.29) is 11.4 Å². The standard InChI is InChI=1S/C20H24BrFN4O2/c1-2-3-8-28-18(27)20(19(11-26-20)4-6-23-7-5-19)17-13-9-14(21)15(22)10-16(13)24-12-25-17/h9-10,12,23,26H,2-8,11H2,1H3. The summed E-state index contributed by atoms with van der Waals surface area (Å²) in [5.41, 5.74) is -0.262. The van der Waals surface area contributed by atoms with Gasteiger partial charge in [-0.25, -0.2) is 19.2 Å². The van der Waals surface area contributed by atoms with Gasteiger partial charge in [0.15, 0.2) is 5.54 Å². The van der Waals surface area contributed by atoms with Gasteiger partial charge < -0.3 is 10.1 Å². The third-order valence-electron chi connectivity index (χ3n) is 6.12. The van der Waals surface area contributed by atoms with Gasteiger partial charge in [-0.1, -0.05) is 13.3 Å². The molecule has 1 aromatic heterocycles. The highest BCUT2D eigenvalue weighted by molar-refractivity contribution is 9.10. The zero-order valence-electron chi connectivity index (χ0n) is 15.9. The molecular weight excluding hydrogens is 427 g/mol. The number of halogens is 2. The molecule has 2 saturated heterocycles. The first-order valence-corrected chi connectivity index (χ1v) is 10.6. The van der Waals surface area contributed by atoms with E-state index in [1.165, 1.54) is 12.4 Å². The van der Waals surface area contributed by atoms with Crippen LogP contribution in [-0.4, -0.2) is 42.2 Å². The zero-order chi connectivity index (χ0) is 19.8. The number of ether oxygens (including phenoxy) is 1. The largest absolute Gasteiger partial charge is 0.464 e. The van der Waals surface area contributed by atoms with Crippen molar-refractivity contribution in [3.63, 3.8) is 0 Å². The van der Waals surface area contributed by atoms with Gasteiger partial charge in [0.05, 0.1) is 22.3 Å². The Balaban J connectivity index is 1.86. The van der Waals surface area contributed by atoms with Crippen molar-refractivity contribution in [2.75, 3.05) is 26.2 Å². The molecular formula is C20H24BrFN4O2. The normalized spacial score (nSPS) is 23.5. The van der Waals surface area contributed by atoms with Crippen LogP contribution in [0.2, 0.25) is 0 Å². The van der Waals surface area contributed by atoms with Crippen LogP contribution >= 0.6 is 15.9 Å². The number of piperidine rings is 1. The summed E-state index contributed by atoms with van der Waals surface area (Å²) < 4.78 is 20.1. The Labute approximate surface area is 171 Å². The quantitative estimate of drug-likeness (QED) is 0.538. The van der Waals surface area contributed by atoms with E-state index in [0.717, 1.165) is 45.3 Å². The minimum Gasteiger partial charge on any atom is -0.464 e. The number of nitrogens with one attached hydrogen (secondary N) is 2. The SMILES string of the molecule is CCCCOC(=O)C1(c2ncnc3cc(F)c(Br)cc23)NCC12CCNCC2. The van der Waals surface area contributed by atoms with Gasteiger partial charge in [0, 0.05) is 23.4 Å². The summed E-state index contributed by atoms with van der Waals surface area (Å²) in [5.74, 6) is -0.690. The number of rotatable bonds is 5. The maximum Gasteiger partial charge on any atom is 0.333 e. The average molecular weight is 451 g/mol. The number of esters is 1. The molecule has 1 spiro atoms. The van der Waals surface area contributed by atoms with Crippen LogP contribution in [0, 0.1) is 11.2 Å². The van der Waals surface area contributed by atoms with Gasteiger partial charge >= 0.3 is 5.97 Å². The number of unbranched alkanes of at least 4 members (excludes halogenated alkanes) is 1. The minimum atomic E-state index is -1.04. The van der Waals surface area contributed by atoms with Crippen LogP contribution in [0.5, 0.6) is 0 Å². The number of hydrogen-bond acceptors (Lipinski definition) is 6. The van der Waals surface area contributed by atoms with Crippen LogP contribution in [0.25, 0.3) is 10.9 Å². The monoisotopic (exact) mass is 450 g/mol. The lowest BCUT2D eigenvalue weighted by Crippen LogP contribution is -2.76. The van der Waals surface area contributed by atoms with Crippen molar-refractivity contribution in [2.45, 2.75) is 38.1 Å². The van der Waals surface area contributed by atoms with Crippen LogP contribution in [0.1, 0.15) is 38.3 Å². The Bertz CT molecular complexity index is 903. The van der Waals surface area contributed by atoms with E-state index in [2.05, 4.69) is 43.5 Å². The van der Waals surface area contributed by atoms with Crippen molar-refractivity contribution in [3.8, 4) is 0 Å². The Hall–Kier alpha value is -1.64. The number of nitrogens with zero attached hydrogens (tertiary/aromatic N) is 2. The van der Waals surface area contributed by atoms with E-state index in [1.807, 2.05) is 0 Å². The first kappa shape index (κ1) is 19.7. The van der Waals surface area contributed by atoms with Gasteiger partial charge in [-0.3, -0.25) is 5.32 Å². The molecule has 0 amide bonds. The second-order valence-electron chi connectivity index (χ2n) is 7.63. The molecule has 28 heavy (non-hydrogen) atoms. The van der Waals surface area contributed by atoms with Gasteiger partial charge in [-0.15, -0.1) is 0 Å². The average Bonchev–Trinajstić information content (AvgIpc) is 2.70. The maximum atomic E-state index is 14.1. The first-order valence-electron chi connectivity index (χ1n) is 9.77. The molecule has 6 nitrogen and oxygen atoms in total. The van der Waals surface area contributed by atoms with Gasteiger partial charge in [0.25, 0.3) is 0 Å². The van der Waals surface area contributed by atoms with E-state index in [1.54, 1.807) is 6.07 Å². The number of carbonyl (C=O) groups is 1. The molecule has 1 unspecified atom stereocenters. The summed E-state index contributed by atoms with van der Waals surface area (Å²) in [7, 11) is 0. The molecule has 0 bridgehead atoms. The van der Waals surface area contributed by atoms with E-state index in [4.69, 9.17) is 4.74 Å². The number of fused-ring (bicyclic) bond motifs is 1. The molecule has 8 heteroatoms. The van der Waals surface area contributed by atoms with Crippen LogP contribution in [0.4, 0.5) is 4.39 Å². The lowest BCUT2D eigenvalue weighted by atomic mass is 9.56. The number of aromatic nitrogens is 2. The predicted molar refractivity (Wildman–Crippen MR) is 107 cm³/mol. The number of carbonyl (C=O) groups excluding carboxylic acids is 1. The third-order valence-corrected chi connectivity index (χ3v) is 6.73. The van der Waals surface area contributed by atoms with Crippen molar-refractivity contribution >= 4 is 32.8 Å².